The molecule has 0 fully saturated rings. The second kappa shape index (κ2) is 63.3. The van der Waals surface area contributed by atoms with E-state index in [4.69, 9.17) is 11.5 Å². The SMILES string of the molecule is CC[C@H](C)C(NO)C(=O)NC(C(=O)C(=O)CCCCCCCCCCCCCCCC(=O)NC(CCC(=O)N[C@@H](CCCCN)C(=O)N[C@@H](CCC(=O)O)C(=O)CN[C@@H](C)C(=O)CN[C@@H](CCC(=O)O)C(=O)N[C@@H](CC(N)=O)C(=O)C(=O)C(NN[C@H](C(=O)N[C@H](C(=O)NCC(=O)SCCC(=O)OC)[C@@H](C)O)[C@@H](C)O)[C@@H](C)CC)C(=O)O)[C@@H](C)CC. The van der Waals surface area contributed by atoms with Crippen LogP contribution < -0.4 is 75.7 Å². The topological polar surface area (TPSA) is 651 Å². The number of unbranched alkanes of at least 4 members (excludes halogenated alkanes) is 13. The normalized spacial score (nSPS) is 15.3. The molecule has 8 amide bonds. The molecule has 41 heteroatoms. The molecule has 0 rings (SSSR count). The molecule has 0 saturated carbocycles. The van der Waals surface area contributed by atoms with Crippen molar-refractivity contribution in [2.75, 3.05) is 39.0 Å². The van der Waals surface area contributed by atoms with Crippen LogP contribution in [0.3, 0.4) is 0 Å². The molecule has 0 heterocycles. The van der Waals surface area contributed by atoms with Crippen molar-refractivity contribution in [2.24, 2.45) is 29.2 Å². The number of Topliss-reactive ketones (excluding diaryl/α,β-unsaturated/α-hetero) is 6. The molecule has 0 spiro atoms. The van der Waals surface area contributed by atoms with Crippen molar-refractivity contribution in [2.45, 2.75) is 327 Å². The number of hydrogen-bond acceptors (Lipinski definition) is 30. The Morgan fingerprint density at radius 1 is 0.408 bits per heavy atom. The number of thioether (sulfide) groups is 1. The van der Waals surface area contributed by atoms with Crippen molar-refractivity contribution < 1.29 is 127 Å². The molecule has 0 aliphatic heterocycles. The third-order valence-electron chi connectivity index (χ3n) is 20.5. The van der Waals surface area contributed by atoms with E-state index < -0.39 is 254 Å². The highest BCUT2D eigenvalue weighted by Gasteiger charge is 2.40. The first kappa shape index (κ1) is 111. The van der Waals surface area contributed by atoms with Gasteiger partial charge in [-0.1, -0.05) is 143 Å². The number of amides is 8. The summed E-state index contributed by atoms with van der Waals surface area (Å²) in [6.07, 6.45) is 6.01. The second-order valence-corrected chi connectivity index (χ2v) is 31.5. The average molecular weight is 1730 g/mol. The largest absolute Gasteiger partial charge is 0.481 e. The maximum Gasteiger partial charge on any atom is 0.326 e. The molecule has 0 aliphatic rings. The van der Waals surface area contributed by atoms with Gasteiger partial charge in [-0.25, -0.2) is 15.6 Å². The molecule has 0 aromatic carbocycles. The fraction of sp³-hybridized carbons (Fsp3) is 0.759. The smallest absolute Gasteiger partial charge is 0.326 e. The van der Waals surface area contributed by atoms with Crippen LogP contribution in [0.1, 0.15) is 249 Å². The number of nitrogens with one attached hydrogen (secondary N) is 12. The van der Waals surface area contributed by atoms with Gasteiger partial charge in [0, 0.05) is 37.9 Å². The van der Waals surface area contributed by atoms with Gasteiger partial charge in [-0.15, -0.1) is 0 Å². The van der Waals surface area contributed by atoms with Gasteiger partial charge in [-0.05, 0) is 96.4 Å². The number of hydrogen-bond donors (Lipinski definition) is 20. The standard InChI is InChI=1S/C79H136N14O26S/c1-11-45(4)66(89-77(114)68(93-118)47(6)13-3)72(109)56(96)30-25-23-21-19-17-15-14-16-18-20-22-24-26-31-60(100)86-54(79(116)117)32-35-61(101)85-53(29-27-28-39-80)75(112)87-51(33-36-62(102)103)58(98)43-82-48(7)57(97)42-83-52(34-37-63(104)105)74(111)88-55(41-59(81)99)71(108)73(110)67(46(5)12-2)91-92-70(50(9)95)78(115)90-69(49(8)94)76(113)84-44-65(107)120-40-38-64(106)119-10/h45-55,66-70,82-83,91-95,118H,11-44,80H2,1-10H3,(H2,81,99)(H,84,113)(H,85,101)(H,86,100)(H,87,112)(H,88,111)(H,89,114)(H,90,115)(H,102,103)(H,104,105)(H,116,117)/t45-,46-,47-,48-,49+,50+,51-,52-,53-,54?,55-,66?,67?,68?,69-,70-/m0/s1. The minimum absolute atomic E-state index is 0.0336. The van der Waals surface area contributed by atoms with Gasteiger partial charge in [0.05, 0.1) is 82.0 Å². The lowest BCUT2D eigenvalue weighted by Crippen LogP contribution is -2.64. The number of aliphatic hydroxyl groups excluding tert-OH is 2. The summed E-state index contributed by atoms with van der Waals surface area (Å²) >= 11 is 0.711. The Balaban J connectivity index is 5.74. The Morgan fingerprint density at radius 3 is 1.38 bits per heavy atom. The van der Waals surface area contributed by atoms with E-state index >= 15 is 0 Å². The monoisotopic (exact) mass is 1730 g/mol. The van der Waals surface area contributed by atoms with E-state index in [1.807, 2.05) is 19.3 Å². The second-order valence-electron chi connectivity index (χ2n) is 30.4. The highest BCUT2D eigenvalue weighted by atomic mass is 32.2. The van der Waals surface area contributed by atoms with Gasteiger partial charge in [-0.2, -0.15) is 5.48 Å². The zero-order valence-corrected chi connectivity index (χ0v) is 72.0. The molecule has 16 atom stereocenters. The van der Waals surface area contributed by atoms with Gasteiger partial charge in [0.25, 0.3) is 0 Å². The number of aliphatic hydroxyl groups is 2. The molecule has 0 aliphatic carbocycles. The number of ketones is 6. The van der Waals surface area contributed by atoms with Gasteiger partial charge in [0.2, 0.25) is 75.5 Å². The van der Waals surface area contributed by atoms with Crippen molar-refractivity contribution >= 4 is 123 Å². The van der Waals surface area contributed by atoms with Crippen molar-refractivity contribution in [1.29, 1.82) is 0 Å². The summed E-state index contributed by atoms with van der Waals surface area (Å²) in [6, 6.07) is -16.2. The van der Waals surface area contributed by atoms with Gasteiger partial charge >= 0.3 is 23.9 Å². The van der Waals surface area contributed by atoms with E-state index in [0.717, 1.165) is 84.5 Å². The lowest BCUT2D eigenvalue weighted by atomic mass is 9.90. The van der Waals surface area contributed by atoms with Crippen LogP contribution in [0, 0.1) is 17.8 Å². The molecule has 40 nitrogen and oxygen atoms in total. The first-order chi connectivity index (χ1) is 56.7. The van der Waals surface area contributed by atoms with Crippen molar-refractivity contribution in [3.05, 3.63) is 0 Å². The minimum atomic E-state index is -2.03. The number of methoxy groups -OCH3 is 1. The molecular formula is C79H136N14O26S. The van der Waals surface area contributed by atoms with E-state index in [0.29, 0.717) is 43.9 Å². The van der Waals surface area contributed by atoms with Crippen LogP contribution in [-0.2, 0) is 95.8 Å². The lowest BCUT2D eigenvalue weighted by molar-refractivity contribution is -0.142. The molecule has 4 unspecified atom stereocenters. The van der Waals surface area contributed by atoms with Crippen LogP contribution in [0.5, 0.6) is 0 Å². The quantitative estimate of drug-likeness (QED) is 0.0161. The van der Waals surface area contributed by atoms with Crippen LogP contribution in [0.2, 0.25) is 0 Å². The minimum Gasteiger partial charge on any atom is -0.481 e. The molecule has 0 aromatic rings. The first-order valence-corrected chi connectivity index (χ1v) is 42.5. The van der Waals surface area contributed by atoms with Crippen molar-refractivity contribution in [1.82, 2.24) is 64.2 Å². The average Bonchev–Trinajstić information content (AvgIpc) is 0.835. The zero-order chi connectivity index (χ0) is 91.1. The van der Waals surface area contributed by atoms with E-state index in [2.05, 4.69) is 63.4 Å². The summed E-state index contributed by atoms with van der Waals surface area (Å²) in [4.78, 5) is 247. The molecular weight excluding hydrogens is 1590 g/mol. The number of esters is 1. The Hall–Kier alpha value is -8.68. The summed E-state index contributed by atoms with van der Waals surface area (Å²) in [6.45, 7) is 12.2. The van der Waals surface area contributed by atoms with Crippen molar-refractivity contribution in [3.63, 3.8) is 0 Å². The number of ether oxygens (including phenoxy) is 1. The molecule has 22 N–H and O–H groups in total. The summed E-state index contributed by atoms with van der Waals surface area (Å²) in [7, 11) is 1.17. The van der Waals surface area contributed by atoms with Gasteiger partial charge < -0.3 is 89.5 Å². The lowest BCUT2D eigenvalue weighted by Gasteiger charge is -2.30. The van der Waals surface area contributed by atoms with Gasteiger partial charge in [0.15, 0.2) is 11.6 Å². The van der Waals surface area contributed by atoms with Gasteiger partial charge in [-0.3, -0.25) is 91.6 Å². The number of aliphatic carboxylic acids is 3. The Bertz CT molecular complexity index is 3320. The summed E-state index contributed by atoms with van der Waals surface area (Å²) in [5, 5.41) is 81.3. The molecule has 0 saturated heterocycles. The molecule has 0 radical (unpaired) electrons. The van der Waals surface area contributed by atoms with Crippen LogP contribution in [0.4, 0.5) is 0 Å². The van der Waals surface area contributed by atoms with Crippen molar-refractivity contribution in [3.8, 4) is 0 Å². The third kappa shape index (κ3) is 46.9. The van der Waals surface area contributed by atoms with E-state index in [9.17, 15) is 122 Å². The third-order valence-corrected chi connectivity index (χ3v) is 21.4. The number of carboxylic acid groups (broad SMARTS) is 3. The number of hydroxylamine groups is 1. The maximum atomic E-state index is 14.1. The Labute approximate surface area is 705 Å². The molecule has 120 heavy (non-hydrogen) atoms. The number of carbonyl (C=O) groups excluding carboxylic acids is 16. The molecule has 0 aromatic heterocycles. The van der Waals surface area contributed by atoms with E-state index in [1.54, 1.807) is 20.8 Å². The maximum absolute atomic E-state index is 14.1. The van der Waals surface area contributed by atoms with Crippen LogP contribution in [-0.4, -0.2) is 259 Å². The fourth-order valence-electron chi connectivity index (χ4n) is 12.2. The van der Waals surface area contributed by atoms with E-state index in [-0.39, 0.29) is 69.1 Å². The zero-order valence-electron chi connectivity index (χ0n) is 71.2. The number of rotatable bonds is 73. The number of nitrogens with two attached hydrogens (primary N) is 2. The highest BCUT2D eigenvalue weighted by Crippen LogP contribution is 2.19. The number of primary amides is 1. The summed E-state index contributed by atoms with van der Waals surface area (Å²) in [5.74, 6) is -18.8. The Kier molecular flexibility index (Phi) is 58.7. The summed E-state index contributed by atoms with van der Waals surface area (Å²) < 4.78 is 4.52. The molecule has 684 valence electrons. The predicted octanol–water partition coefficient (Wildman–Crippen LogP) is -0.286. The van der Waals surface area contributed by atoms with E-state index in [1.165, 1.54) is 21.0 Å². The number of carbonyl (C=O) groups is 19. The van der Waals surface area contributed by atoms with Crippen LogP contribution in [0.25, 0.3) is 0 Å². The Morgan fingerprint density at radius 2 is 0.867 bits per heavy atom. The number of carboxylic acids is 3. The fourth-order valence-corrected chi connectivity index (χ4v) is 12.9. The summed E-state index contributed by atoms with van der Waals surface area (Å²) in [5.41, 5.74) is 18.1. The van der Waals surface area contributed by atoms with Crippen LogP contribution in [0.15, 0.2) is 0 Å². The molecule has 0 bridgehead atoms. The number of hydrazine groups is 1. The predicted molar refractivity (Wildman–Crippen MR) is 439 cm³/mol. The highest BCUT2D eigenvalue weighted by molar-refractivity contribution is 8.13. The van der Waals surface area contributed by atoms with Gasteiger partial charge in [0.1, 0.15) is 36.3 Å². The van der Waals surface area contributed by atoms with Crippen LogP contribution >= 0.6 is 11.8 Å². The first-order valence-electron chi connectivity index (χ1n) is 41.6.